The smallest absolute Gasteiger partial charge is 0.00729 e. The van der Waals surface area contributed by atoms with Crippen molar-refractivity contribution in [3.05, 3.63) is 0 Å². The first-order valence-electron chi connectivity index (χ1n) is 1.90. The second-order valence-corrected chi connectivity index (χ2v) is 1.98. The van der Waals surface area contributed by atoms with Gasteiger partial charge < -0.3 is 0 Å². The first kappa shape index (κ1) is 5.35. The maximum atomic E-state index is 2.19. The second-order valence-electron chi connectivity index (χ2n) is 0.993. The van der Waals surface area contributed by atoms with Crippen LogP contribution in [0.3, 0.4) is 0 Å². The topological polar surface area (TPSA) is 0 Å². The Morgan fingerprint density at radius 1 is 1.60 bits per heavy atom. The SMILES string of the molecule is CCCSC. The van der Waals surface area contributed by atoms with Gasteiger partial charge in [-0.25, -0.2) is 0 Å². The highest BCUT2D eigenvalue weighted by Gasteiger charge is 1.67. The monoisotopic (exact) mass is 90.1 g/mol. The van der Waals surface area contributed by atoms with Crippen LogP contribution in [-0.4, -0.2) is 12.0 Å². The third kappa shape index (κ3) is 4.35. The molecule has 5 heavy (non-hydrogen) atoms. The molecule has 0 radical (unpaired) electrons. The molecule has 0 fully saturated rings. The Morgan fingerprint density at radius 3 is 2.20 bits per heavy atom. The summed E-state index contributed by atoms with van der Waals surface area (Å²) >= 11 is 1.90. The van der Waals surface area contributed by atoms with Crippen LogP contribution in [0.15, 0.2) is 0 Å². The summed E-state index contributed by atoms with van der Waals surface area (Å²) in [5.41, 5.74) is 0. The Kier molecular flexibility index (Phi) is 4.65. The van der Waals surface area contributed by atoms with Gasteiger partial charge >= 0.3 is 0 Å². The zero-order valence-corrected chi connectivity index (χ0v) is 4.64. The molecule has 0 saturated carbocycles. The van der Waals surface area contributed by atoms with E-state index in [1.54, 1.807) is 0 Å². The van der Waals surface area contributed by atoms with E-state index < -0.39 is 0 Å². The molecule has 0 nitrogen and oxygen atoms in total. The summed E-state index contributed by atoms with van der Waals surface area (Å²) in [7, 11) is 0. The van der Waals surface area contributed by atoms with Crippen molar-refractivity contribution in [3.8, 4) is 0 Å². The first-order valence-corrected chi connectivity index (χ1v) is 3.30. The molecule has 1 heteroatoms. The van der Waals surface area contributed by atoms with E-state index in [2.05, 4.69) is 13.2 Å². The lowest BCUT2D eigenvalue weighted by Gasteiger charge is -1.80. The molecule has 0 saturated heterocycles. The maximum Gasteiger partial charge on any atom is -0.00729 e. The van der Waals surface area contributed by atoms with Crippen molar-refractivity contribution in [3.63, 3.8) is 0 Å². The highest BCUT2D eigenvalue weighted by Crippen LogP contribution is 1.91. The van der Waals surface area contributed by atoms with Crippen molar-refractivity contribution < 1.29 is 0 Å². The van der Waals surface area contributed by atoms with Crippen molar-refractivity contribution in [1.29, 1.82) is 0 Å². The van der Waals surface area contributed by atoms with Crippen LogP contribution in [0.1, 0.15) is 13.3 Å². The lowest BCUT2D eigenvalue weighted by Crippen LogP contribution is -1.64. The molecule has 0 spiro atoms. The van der Waals surface area contributed by atoms with E-state index in [-0.39, 0.29) is 0 Å². The standard InChI is InChI=1S/C4H10S/c1-3-4-5-2/h3-4H2,1-2H3. The predicted molar refractivity (Wildman–Crippen MR) is 28.7 cm³/mol. The van der Waals surface area contributed by atoms with Gasteiger partial charge in [-0.15, -0.1) is 0 Å². The van der Waals surface area contributed by atoms with Crippen LogP contribution in [0.4, 0.5) is 0 Å². The Hall–Kier alpha value is 0.350. The number of hydrogen-bond acceptors (Lipinski definition) is 1. The fraction of sp³-hybridized carbons (Fsp3) is 1.00. The van der Waals surface area contributed by atoms with Crippen LogP contribution >= 0.6 is 11.8 Å². The van der Waals surface area contributed by atoms with E-state index in [1.807, 2.05) is 11.8 Å². The Bertz CT molecular complexity index is 11.1. The molecule has 0 amide bonds. The highest BCUT2D eigenvalue weighted by molar-refractivity contribution is 7.98. The number of rotatable bonds is 2. The minimum Gasteiger partial charge on any atom is -0.165 e. The molecule has 0 aliphatic rings. The van der Waals surface area contributed by atoms with Gasteiger partial charge in [0, 0.05) is 0 Å². The zero-order valence-electron chi connectivity index (χ0n) is 3.82. The summed E-state index contributed by atoms with van der Waals surface area (Å²) < 4.78 is 0. The number of hydrogen-bond donors (Lipinski definition) is 0. The molecule has 0 heterocycles. The maximum absolute atomic E-state index is 2.19. The summed E-state index contributed by atoms with van der Waals surface area (Å²) in [5.74, 6) is 1.31. The van der Waals surface area contributed by atoms with Crippen molar-refractivity contribution in [2.75, 3.05) is 12.0 Å². The minimum absolute atomic E-state index is 1.31. The van der Waals surface area contributed by atoms with Gasteiger partial charge in [-0.2, -0.15) is 11.8 Å². The average Bonchev–Trinajstić information content (AvgIpc) is 1.41. The Morgan fingerprint density at radius 2 is 2.20 bits per heavy atom. The van der Waals surface area contributed by atoms with Crippen LogP contribution < -0.4 is 0 Å². The van der Waals surface area contributed by atoms with Gasteiger partial charge in [-0.05, 0) is 18.4 Å². The quantitative estimate of drug-likeness (QED) is 0.498. The van der Waals surface area contributed by atoms with E-state index >= 15 is 0 Å². The van der Waals surface area contributed by atoms with Crippen LogP contribution in [0, 0.1) is 0 Å². The van der Waals surface area contributed by atoms with Crippen molar-refractivity contribution in [2.24, 2.45) is 0 Å². The second kappa shape index (κ2) is 4.35. The highest BCUT2D eigenvalue weighted by atomic mass is 32.2. The van der Waals surface area contributed by atoms with Gasteiger partial charge in [0.2, 0.25) is 0 Å². The van der Waals surface area contributed by atoms with Gasteiger partial charge in [0.05, 0.1) is 0 Å². The average molecular weight is 90.2 g/mol. The van der Waals surface area contributed by atoms with E-state index in [4.69, 9.17) is 0 Å². The van der Waals surface area contributed by atoms with Gasteiger partial charge in [0.25, 0.3) is 0 Å². The van der Waals surface area contributed by atoms with Crippen LogP contribution in [0.2, 0.25) is 0 Å². The third-order valence-electron chi connectivity index (χ3n) is 0.408. The molecule has 32 valence electrons. The Balaban J connectivity index is 2.19. The predicted octanol–water partition coefficient (Wildman–Crippen LogP) is 1.76. The fourth-order valence-electron chi connectivity index (χ4n) is 0.204. The van der Waals surface area contributed by atoms with E-state index in [0.717, 1.165) is 0 Å². The van der Waals surface area contributed by atoms with Gasteiger partial charge in [0.1, 0.15) is 0 Å². The number of thioether (sulfide) groups is 1. The molecule has 0 rings (SSSR count). The third-order valence-corrected chi connectivity index (χ3v) is 1.22. The minimum atomic E-state index is 1.31. The lowest BCUT2D eigenvalue weighted by atomic mass is 10.6. The summed E-state index contributed by atoms with van der Waals surface area (Å²) in [6, 6.07) is 0. The fourth-order valence-corrected chi connectivity index (χ4v) is 0.612. The zero-order chi connectivity index (χ0) is 4.12. The van der Waals surface area contributed by atoms with E-state index in [9.17, 15) is 0 Å². The van der Waals surface area contributed by atoms with Gasteiger partial charge in [-0.3, -0.25) is 0 Å². The van der Waals surface area contributed by atoms with Crippen molar-refractivity contribution >= 4 is 11.8 Å². The molecule has 0 aromatic heterocycles. The van der Waals surface area contributed by atoms with Crippen LogP contribution in [-0.2, 0) is 0 Å². The molecule has 0 N–H and O–H groups in total. The van der Waals surface area contributed by atoms with Crippen LogP contribution in [0.25, 0.3) is 0 Å². The lowest BCUT2D eigenvalue weighted by molar-refractivity contribution is 1.11. The van der Waals surface area contributed by atoms with Crippen molar-refractivity contribution in [1.82, 2.24) is 0 Å². The summed E-state index contributed by atoms with van der Waals surface area (Å²) in [6.07, 6.45) is 3.44. The van der Waals surface area contributed by atoms with Gasteiger partial charge in [-0.1, -0.05) is 6.92 Å². The van der Waals surface area contributed by atoms with Gasteiger partial charge in [0.15, 0.2) is 0 Å². The summed E-state index contributed by atoms with van der Waals surface area (Å²) in [4.78, 5) is 0. The summed E-state index contributed by atoms with van der Waals surface area (Å²) in [6.45, 7) is 2.19. The normalized spacial score (nSPS) is 8.40. The molecule has 0 unspecified atom stereocenters. The molecular formula is C4H10S. The molecule has 0 aliphatic carbocycles. The molecular weight excluding hydrogens is 80.1 g/mol. The molecule has 0 aliphatic heterocycles. The molecule has 0 aromatic carbocycles. The molecule has 0 aromatic rings. The van der Waals surface area contributed by atoms with E-state index in [0.29, 0.717) is 0 Å². The summed E-state index contributed by atoms with van der Waals surface area (Å²) in [5, 5.41) is 0. The van der Waals surface area contributed by atoms with Crippen molar-refractivity contribution in [2.45, 2.75) is 13.3 Å². The first-order chi connectivity index (χ1) is 2.41. The molecule has 0 bridgehead atoms. The Labute approximate surface area is 38.0 Å². The largest absolute Gasteiger partial charge is 0.165 e. The van der Waals surface area contributed by atoms with E-state index in [1.165, 1.54) is 12.2 Å². The molecule has 0 atom stereocenters. The van der Waals surface area contributed by atoms with Crippen LogP contribution in [0.5, 0.6) is 0 Å².